The van der Waals surface area contributed by atoms with Crippen molar-refractivity contribution in [3.63, 3.8) is 0 Å². The van der Waals surface area contributed by atoms with Crippen LogP contribution in [0.1, 0.15) is 12.5 Å². The first-order valence-corrected chi connectivity index (χ1v) is 6.40. The quantitative estimate of drug-likeness (QED) is 0.621. The van der Waals surface area contributed by atoms with E-state index in [9.17, 15) is 4.79 Å². The Labute approximate surface area is 115 Å². The van der Waals surface area contributed by atoms with Gasteiger partial charge in [-0.15, -0.1) is 0 Å². The van der Waals surface area contributed by atoms with Gasteiger partial charge in [-0.05, 0) is 31.2 Å². The summed E-state index contributed by atoms with van der Waals surface area (Å²) in [6, 6.07) is 5.56. The van der Waals surface area contributed by atoms with Gasteiger partial charge in [-0.25, -0.2) is 0 Å². The Hall–Kier alpha value is -1.33. The van der Waals surface area contributed by atoms with Gasteiger partial charge in [0.15, 0.2) is 0 Å². The molecular weight excluding hydrogens is 298 g/mol. The highest BCUT2D eigenvalue weighted by molar-refractivity contribution is 9.10. The smallest absolute Gasteiger partial charge is 0.241 e. The summed E-state index contributed by atoms with van der Waals surface area (Å²) in [6.07, 6.45) is 2.93. The fourth-order valence-electron chi connectivity index (χ4n) is 1.31. The second-order valence-corrected chi connectivity index (χ2v) is 4.38. The maximum atomic E-state index is 10.7. The van der Waals surface area contributed by atoms with Gasteiger partial charge < -0.3 is 15.2 Å². The maximum absolute atomic E-state index is 10.7. The minimum Gasteiger partial charge on any atom is -0.491 e. The number of ether oxygens (including phenoxy) is 2. The zero-order valence-corrected chi connectivity index (χ0v) is 11.8. The van der Waals surface area contributed by atoms with Crippen LogP contribution >= 0.6 is 15.9 Å². The summed E-state index contributed by atoms with van der Waals surface area (Å²) < 4.78 is 11.7. The van der Waals surface area contributed by atoms with Crippen molar-refractivity contribution in [3.05, 3.63) is 34.3 Å². The minimum absolute atomic E-state index is 0.465. The average molecular weight is 314 g/mol. The highest BCUT2D eigenvalue weighted by Crippen LogP contribution is 2.24. The topological polar surface area (TPSA) is 61.6 Å². The summed E-state index contributed by atoms with van der Waals surface area (Å²) in [5.41, 5.74) is 5.86. The summed E-state index contributed by atoms with van der Waals surface area (Å²) in [5, 5.41) is 0. The van der Waals surface area contributed by atoms with Crippen LogP contribution in [0, 0.1) is 0 Å². The van der Waals surface area contributed by atoms with Gasteiger partial charge in [0.1, 0.15) is 12.4 Å². The molecule has 0 spiro atoms. The van der Waals surface area contributed by atoms with Crippen molar-refractivity contribution in [2.75, 3.05) is 19.8 Å². The van der Waals surface area contributed by atoms with Crippen molar-refractivity contribution in [2.24, 2.45) is 5.73 Å². The Morgan fingerprint density at radius 2 is 2.22 bits per heavy atom. The Bertz CT molecular complexity index is 432. The number of primary amides is 1. The van der Waals surface area contributed by atoms with E-state index in [4.69, 9.17) is 15.2 Å². The van der Waals surface area contributed by atoms with E-state index in [-0.39, 0.29) is 0 Å². The van der Waals surface area contributed by atoms with E-state index in [1.54, 1.807) is 6.08 Å². The summed E-state index contributed by atoms with van der Waals surface area (Å²) in [7, 11) is 0. The average Bonchev–Trinajstić information content (AvgIpc) is 2.34. The van der Waals surface area contributed by atoms with Gasteiger partial charge in [0, 0.05) is 22.7 Å². The van der Waals surface area contributed by atoms with Crippen LogP contribution in [-0.4, -0.2) is 25.7 Å². The van der Waals surface area contributed by atoms with E-state index in [1.165, 1.54) is 6.08 Å². The molecular formula is C13H16BrNO3. The molecule has 1 aromatic carbocycles. The normalized spacial score (nSPS) is 10.8. The Balaban J connectivity index is 2.73. The molecule has 2 N–H and O–H groups in total. The summed E-state index contributed by atoms with van der Waals surface area (Å²) in [4.78, 5) is 10.7. The van der Waals surface area contributed by atoms with E-state index in [0.717, 1.165) is 10.0 Å². The first-order valence-electron chi connectivity index (χ1n) is 5.61. The van der Waals surface area contributed by atoms with E-state index in [2.05, 4.69) is 15.9 Å². The maximum Gasteiger partial charge on any atom is 0.241 e. The van der Waals surface area contributed by atoms with Crippen LogP contribution in [0.5, 0.6) is 5.75 Å². The van der Waals surface area contributed by atoms with Gasteiger partial charge >= 0.3 is 0 Å². The first-order chi connectivity index (χ1) is 8.63. The molecule has 1 rings (SSSR count). The Morgan fingerprint density at radius 3 is 2.89 bits per heavy atom. The molecule has 18 heavy (non-hydrogen) atoms. The van der Waals surface area contributed by atoms with E-state index in [0.29, 0.717) is 25.6 Å². The molecule has 0 aromatic heterocycles. The number of carbonyl (C=O) groups excluding carboxylic acids is 1. The van der Waals surface area contributed by atoms with E-state index < -0.39 is 5.91 Å². The van der Waals surface area contributed by atoms with Gasteiger partial charge in [0.05, 0.1) is 6.61 Å². The van der Waals surface area contributed by atoms with Crippen LogP contribution in [0.2, 0.25) is 0 Å². The first kappa shape index (κ1) is 14.7. The molecule has 0 saturated heterocycles. The predicted octanol–water partition coefficient (Wildman–Crippen LogP) is 2.36. The largest absolute Gasteiger partial charge is 0.491 e. The molecule has 0 fully saturated rings. The summed E-state index contributed by atoms with van der Waals surface area (Å²) in [5.74, 6) is 0.200. The molecule has 0 bridgehead atoms. The third kappa shape index (κ3) is 5.33. The standard InChI is InChI=1S/C13H16BrNO3/c1-2-17-7-8-18-12-5-4-11(14)9-10(12)3-6-13(15)16/h3-6,9H,2,7-8H2,1H3,(H2,15,16)/b6-3+. The van der Waals surface area contributed by atoms with Gasteiger partial charge in [-0.1, -0.05) is 15.9 Å². The molecule has 0 atom stereocenters. The lowest BCUT2D eigenvalue weighted by Crippen LogP contribution is -2.07. The van der Waals surface area contributed by atoms with E-state index in [1.807, 2.05) is 25.1 Å². The van der Waals surface area contributed by atoms with Crippen LogP contribution < -0.4 is 10.5 Å². The predicted molar refractivity (Wildman–Crippen MR) is 74.4 cm³/mol. The van der Waals surface area contributed by atoms with Crippen molar-refractivity contribution < 1.29 is 14.3 Å². The number of carbonyl (C=O) groups is 1. The Morgan fingerprint density at radius 1 is 1.44 bits per heavy atom. The lowest BCUT2D eigenvalue weighted by atomic mass is 10.2. The summed E-state index contributed by atoms with van der Waals surface area (Å²) >= 11 is 3.37. The Kier molecular flexibility index (Phi) is 6.46. The third-order valence-electron chi connectivity index (χ3n) is 2.09. The van der Waals surface area contributed by atoms with Crippen molar-refractivity contribution in [3.8, 4) is 5.75 Å². The van der Waals surface area contributed by atoms with Crippen LogP contribution in [0.4, 0.5) is 0 Å². The lowest BCUT2D eigenvalue weighted by molar-refractivity contribution is -0.113. The number of rotatable bonds is 7. The number of nitrogens with two attached hydrogens (primary N) is 1. The molecule has 98 valence electrons. The zero-order valence-electron chi connectivity index (χ0n) is 10.2. The zero-order chi connectivity index (χ0) is 13.4. The molecule has 0 aliphatic heterocycles. The number of hydrogen-bond donors (Lipinski definition) is 1. The van der Waals surface area contributed by atoms with Crippen molar-refractivity contribution >= 4 is 27.9 Å². The molecule has 0 radical (unpaired) electrons. The second kappa shape index (κ2) is 7.89. The monoisotopic (exact) mass is 313 g/mol. The molecule has 0 aliphatic carbocycles. The third-order valence-corrected chi connectivity index (χ3v) is 2.58. The molecule has 0 saturated carbocycles. The fourth-order valence-corrected chi connectivity index (χ4v) is 1.69. The van der Waals surface area contributed by atoms with Gasteiger partial charge in [-0.3, -0.25) is 4.79 Å². The van der Waals surface area contributed by atoms with E-state index >= 15 is 0 Å². The molecule has 5 heteroatoms. The van der Waals surface area contributed by atoms with Crippen LogP contribution in [0.3, 0.4) is 0 Å². The van der Waals surface area contributed by atoms with Crippen LogP contribution in [0.15, 0.2) is 28.7 Å². The minimum atomic E-state index is -0.491. The number of amides is 1. The summed E-state index contributed by atoms with van der Waals surface area (Å²) in [6.45, 7) is 3.59. The highest BCUT2D eigenvalue weighted by Gasteiger charge is 2.02. The van der Waals surface area contributed by atoms with Crippen LogP contribution in [-0.2, 0) is 9.53 Å². The molecule has 0 aliphatic rings. The number of halogens is 1. The highest BCUT2D eigenvalue weighted by atomic mass is 79.9. The molecule has 1 aromatic rings. The van der Waals surface area contributed by atoms with Crippen molar-refractivity contribution in [2.45, 2.75) is 6.92 Å². The molecule has 0 unspecified atom stereocenters. The molecule has 0 heterocycles. The van der Waals surface area contributed by atoms with Gasteiger partial charge in [0.2, 0.25) is 5.91 Å². The number of hydrogen-bond acceptors (Lipinski definition) is 3. The SMILES string of the molecule is CCOCCOc1ccc(Br)cc1/C=C/C(N)=O. The van der Waals surface area contributed by atoms with Gasteiger partial charge in [0.25, 0.3) is 0 Å². The lowest BCUT2D eigenvalue weighted by Gasteiger charge is -2.09. The fraction of sp³-hybridized carbons (Fsp3) is 0.308. The second-order valence-electron chi connectivity index (χ2n) is 3.46. The van der Waals surface area contributed by atoms with Gasteiger partial charge in [-0.2, -0.15) is 0 Å². The molecule has 1 amide bonds. The van der Waals surface area contributed by atoms with Crippen molar-refractivity contribution in [1.29, 1.82) is 0 Å². The number of benzene rings is 1. The van der Waals surface area contributed by atoms with Crippen LogP contribution in [0.25, 0.3) is 6.08 Å². The molecule has 4 nitrogen and oxygen atoms in total. The van der Waals surface area contributed by atoms with Crippen molar-refractivity contribution in [1.82, 2.24) is 0 Å².